The Labute approximate surface area is 107 Å². The molecule has 1 spiro atoms. The fourth-order valence-electron chi connectivity index (χ4n) is 3.48. The van der Waals surface area contributed by atoms with Gasteiger partial charge in [0.1, 0.15) is 0 Å². The van der Waals surface area contributed by atoms with Crippen LogP contribution in [-0.2, 0) is 14.3 Å². The first-order valence-electron chi connectivity index (χ1n) is 6.91. The molecule has 2 aliphatic heterocycles. The largest absolute Gasteiger partial charge is 0.481 e. The number of rotatable bonds is 3. The molecule has 0 atom stereocenters. The van der Waals surface area contributed by atoms with E-state index in [0.29, 0.717) is 18.4 Å². The van der Waals surface area contributed by atoms with Crippen molar-refractivity contribution in [3.8, 4) is 0 Å². The van der Waals surface area contributed by atoms with E-state index in [0.717, 1.165) is 52.0 Å². The summed E-state index contributed by atoms with van der Waals surface area (Å²) < 4.78 is 11.4. The quantitative estimate of drug-likeness (QED) is 0.817. The first kappa shape index (κ1) is 12.4. The first-order chi connectivity index (χ1) is 8.67. The van der Waals surface area contributed by atoms with Crippen molar-refractivity contribution in [1.82, 2.24) is 4.90 Å². The van der Waals surface area contributed by atoms with Gasteiger partial charge in [-0.1, -0.05) is 0 Å². The highest BCUT2D eigenvalue weighted by Crippen LogP contribution is 2.39. The van der Waals surface area contributed by atoms with Crippen molar-refractivity contribution in [1.29, 1.82) is 0 Å². The lowest BCUT2D eigenvalue weighted by Gasteiger charge is -2.47. The van der Waals surface area contributed by atoms with Crippen molar-refractivity contribution in [2.75, 3.05) is 26.3 Å². The Morgan fingerprint density at radius 2 is 1.83 bits per heavy atom. The predicted molar refractivity (Wildman–Crippen MR) is 64.2 cm³/mol. The molecule has 1 saturated carbocycles. The summed E-state index contributed by atoms with van der Waals surface area (Å²) in [6, 6.07) is 0.605. The number of likely N-dealkylation sites (tertiary alicyclic amines) is 1. The van der Waals surface area contributed by atoms with Crippen LogP contribution >= 0.6 is 0 Å². The third-order valence-electron chi connectivity index (χ3n) is 4.50. The van der Waals surface area contributed by atoms with Crippen LogP contribution < -0.4 is 0 Å². The van der Waals surface area contributed by atoms with Gasteiger partial charge in [-0.2, -0.15) is 0 Å². The fraction of sp³-hybridized carbons (Fsp3) is 0.923. The lowest BCUT2D eigenvalue weighted by molar-refractivity contribution is -0.187. The molecule has 5 nitrogen and oxygen atoms in total. The Balaban J connectivity index is 1.43. The Morgan fingerprint density at radius 3 is 2.39 bits per heavy atom. The molecule has 102 valence electrons. The molecule has 0 radical (unpaired) electrons. The molecule has 18 heavy (non-hydrogen) atoms. The Kier molecular flexibility index (Phi) is 3.30. The number of nitrogens with zero attached hydrogens (tertiary/aromatic N) is 1. The molecular formula is C13H21NO4. The van der Waals surface area contributed by atoms with Gasteiger partial charge in [-0.25, -0.2) is 0 Å². The minimum absolute atomic E-state index is 0.276. The van der Waals surface area contributed by atoms with Crippen LogP contribution in [0, 0.1) is 5.92 Å². The molecule has 1 N–H and O–H groups in total. The molecule has 0 bridgehead atoms. The van der Waals surface area contributed by atoms with E-state index in [1.807, 2.05) is 0 Å². The van der Waals surface area contributed by atoms with Crippen molar-refractivity contribution in [2.24, 2.45) is 5.92 Å². The van der Waals surface area contributed by atoms with Gasteiger partial charge in [0.15, 0.2) is 5.79 Å². The highest BCUT2D eigenvalue weighted by molar-refractivity contribution is 5.67. The maximum atomic E-state index is 10.6. The van der Waals surface area contributed by atoms with Gasteiger partial charge in [0.2, 0.25) is 0 Å². The van der Waals surface area contributed by atoms with Crippen LogP contribution in [-0.4, -0.2) is 54.1 Å². The molecule has 3 rings (SSSR count). The van der Waals surface area contributed by atoms with Crippen molar-refractivity contribution in [3.05, 3.63) is 0 Å². The number of ether oxygens (including phenoxy) is 2. The Hall–Kier alpha value is -0.650. The van der Waals surface area contributed by atoms with E-state index >= 15 is 0 Å². The lowest BCUT2D eigenvalue weighted by atomic mass is 9.85. The topological polar surface area (TPSA) is 59.0 Å². The van der Waals surface area contributed by atoms with Crippen molar-refractivity contribution in [3.63, 3.8) is 0 Å². The van der Waals surface area contributed by atoms with Gasteiger partial charge in [-0.3, -0.25) is 9.69 Å². The Bertz CT molecular complexity index is 311. The molecule has 2 heterocycles. The SMILES string of the molecule is O=C(O)CC1CN(C2CCC3(CC2)OCCO3)C1. The van der Waals surface area contributed by atoms with Gasteiger partial charge in [-0.05, 0) is 18.8 Å². The summed E-state index contributed by atoms with van der Waals surface area (Å²) >= 11 is 0. The number of aliphatic carboxylic acids is 1. The van der Waals surface area contributed by atoms with Gasteiger partial charge >= 0.3 is 5.97 Å². The van der Waals surface area contributed by atoms with Crippen LogP contribution in [0.5, 0.6) is 0 Å². The summed E-state index contributed by atoms with van der Waals surface area (Å²) in [5, 5.41) is 8.73. The zero-order valence-corrected chi connectivity index (χ0v) is 10.6. The molecule has 5 heteroatoms. The number of carbonyl (C=O) groups is 1. The third kappa shape index (κ3) is 2.39. The number of carboxylic acids is 1. The summed E-state index contributed by atoms with van der Waals surface area (Å²) in [7, 11) is 0. The van der Waals surface area contributed by atoms with E-state index in [-0.39, 0.29) is 5.79 Å². The van der Waals surface area contributed by atoms with E-state index in [1.54, 1.807) is 0 Å². The number of hydrogen-bond acceptors (Lipinski definition) is 4. The van der Waals surface area contributed by atoms with Gasteiger partial charge < -0.3 is 14.6 Å². The van der Waals surface area contributed by atoms with Gasteiger partial charge in [0.05, 0.1) is 19.6 Å². The van der Waals surface area contributed by atoms with E-state index in [1.165, 1.54) is 0 Å². The van der Waals surface area contributed by atoms with Gasteiger partial charge in [0.25, 0.3) is 0 Å². The lowest BCUT2D eigenvalue weighted by Crippen LogP contribution is -2.54. The summed E-state index contributed by atoms with van der Waals surface area (Å²) in [5.74, 6) is -0.589. The predicted octanol–water partition coefficient (Wildman–Crippen LogP) is 1.08. The second-order valence-electron chi connectivity index (χ2n) is 5.76. The molecule has 3 fully saturated rings. The van der Waals surface area contributed by atoms with Crippen LogP contribution in [0.1, 0.15) is 32.1 Å². The normalized spacial score (nSPS) is 29.6. The summed E-state index contributed by atoms with van der Waals surface area (Å²) in [6.45, 7) is 3.36. The molecule has 0 aromatic heterocycles. The van der Waals surface area contributed by atoms with Crippen molar-refractivity contribution >= 4 is 5.97 Å². The molecule has 0 aromatic rings. The molecule has 0 unspecified atom stereocenters. The number of hydrogen-bond donors (Lipinski definition) is 1. The van der Waals surface area contributed by atoms with Crippen LogP contribution in [0.15, 0.2) is 0 Å². The van der Waals surface area contributed by atoms with E-state index in [2.05, 4.69) is 4.90 Å². The fourth-order valence-corrected chi connectivity index (χ4v) is 3.48. The third-order valence-corrected chi connectivity index (χ3v) is 4.50. The van der Waals surface area contributed by atoms with Crippen LogP contribution in [0.3, 0.4) is 0 Å². The van der Waals surface area contributed by atoms with Crippen LogP contribution in [0.2, 0.25) is 0 Å². The summed E-state index contributed by atoms with van der Waals surface area (Å²) in [6.07, 6.45) is 4.51. The molecule has 3 aliphatic rings. The average molecular weight is 255 g/mol. The van der Waals surface area contributed by atoms with Crippen LogP contribution in [0.4, 0.5) is 0 Å². The highest BCUT2D eigenvalue weighted by Gasteiger charge is 2.43. The van der Waals surface area contributed by atoms with E-state index in [9.17, 15) is 4.79 Å². The summed E-state index contributed by atoms with van der Waals surface area (Å²) in [5.41, 5.74) is 0. The Morgan fingerprint density at radius 1 is 1.22 bits per heavy atom. The highest BCUT2D eigenvalue weighted by atomic mass is 16.7. The summed E-state index contributed by atoms with van der Waals surface area (Å²) in [4.78, 5) is 13.0. The zero-order valence-electron chi connectivity index (χ0n) is 10.6. The minimum atomic E-state index is -0.671. The number of carboxylic acid groups (broad SMARTS) is 1. The smallest absolute Gasteiger partial charge is 0.303 e. The van der Waals surface area contributed by atoms with Gasteiger partial charge in [-0.15, -0.1) is 0 Å². The minimum Gasteiger partial charge on any atom is -0.481 e. The van der Waals surface area contributed by atoms with E-state index < -0.39 is 5.97 Å². The average Bonchev–Trinajstić information content (AvgIpc) is 2.73. The maximum Gasteiger partial charge on any atom is 0.303 e. The zero-order chi connectivity index (χ0) is 12.6. The molecule has 0 aromatic carbocycles. The molecule has 1 aliphatic carbocycles. The van der Waals surface area contributed by atoms with E-state index in [4.69, 9.17) is 14.6 Å². The molecular weight excluding hydrogens is 234 g/mol. The maximum absolute atomic E-state index is 10.6. The van der Waals surface area contributed by atoms with Gasteiger partial charge in [0, 0.05) is 32.0 Å². The first-order valence-corrected chi connectivity index (χ1v) is 6.91. The monoisotopic (exact) mass is 255 g/mol. The second-order valence-corrected chi connectivity index (χ2v) is 5.76. The van der Waals surface area contributed by atoms with Crippen LogP contribution in [0.25, 0.3) is 0 Å². The molecule has 2 saturated heterocycles. The molecule has 0 amide bonds. The standard InChI is InChI=1S/C13H21NO4/c15-12(16)7-10-8-14(9-10)11-1-3-13(4-2-11)17-5-6-18-13/h10-11H,1-9H2,(H,15,16). The van der Waals surface area contributed by atoms with Crippen molar-refractivity contribution in [2.45, 2.75) is 43.9 Å². The van der Waals surface area contributed by atoms with Crippen molar-refractivity contribution < 1.29 is 19.4 Å². The second kappa shape index (κ2) is 4.79.